The number of nitrogens with zero attached hydrogens (tertiary/aromatic N) is 3. The monoisotopic (exact) mass is 190 g/mol. The number of Topliss-reactive ketones (excluding diaryl/α,β-unsaturated/α-hetero) is 1. The SMILES string of the molecule is CC(=O)c1cnc2c(cnn2C)c1N. The number of carbonyl (C=O) groups excluding carboxylic acids is 1. The van der Waals surface area contributed by atoms with E-state index in [1.165, 1.54) is 13.1 Å². The summed E-state index contributed by atoms with van der Waals surface area (Å²) < 4.78 is 1.62. The van der Waals surface area contributed by atoms with Crippen LogP contribution in [-0.2, 0) is 7.05 Å². The predicted octanol–water partition coefficient (Wildman–Crippen LogP) is 0.753. The molecule has 0 aliphatic heterocycles. The molecule has 2 heterocycles. The number of fused-ring (bicyclic) bond motifs is 1. The van der Waals surface area contributed by atoms with Gasteiger partial charge in [-0.1, -0.05) is 0 Å². The molecule has 2 N–H and O–H groups in total. The van der Waals surface area contributed by atoms with Crippen molar-refractivity contribution in [3.8, 4) is 0 Å². The molecule has 0 atom stereocenters. The first-order valence-corrected chi connectivity index (χ1v) is 4.18. The first kappa shape index (κ1) is 8.68. The van der Waals surface area contributed by atoms with Gasteiger partial charge in [0, 0.05) is 13.2 Å². The van der Waals surface area contributed by atoms with Gasteiger partial charge in [-0.15, -0.1) is 0 Å². The molecule has 0 aliphatic carbocycles. The second-order valence-electron chi connectivity index (χ2n) is 3.15. The second-order valence-corrected chi connectivity index (χ2v) is 3.15. The lowest BCUT2D eigenvalue weighted by molar-refractivity contribution is 0.101. The summed E-state index contributed by atoms with van der Waals surface area (Å²) in [5.41, 5.74) is 7.41. The summed E-state index contributed by atoms with van der Waals surface area (Å²) in [6, 6.07) is 0. The molecule has 0 amide bonds. The van der Waals surface area contributed by atoms with Crippen LogP contribution in [-0.4, -0.2) is 20.5 Å². The molecule has 2 aromatic rings. The van der Waals surface area contributed by atoms with E-state index >= 15 is 0 Å². The largest absolute Gasteiger partial charge is 0.397 e. The molecule has 0 aliphatic rings. The number of aryl methyl sites for hydroxylation is 1. The highest BCUT2D eigenvalue weighted by molar-refractivity contribution is 6.05. The maximum Gasteiger partial charge on any atom is 0.163 e. The van der Waals surface area contributed by atoms with E-state index in [0.717, 1.165) is 5.39 Å². The Kier molecular flexibility index (Phi) is 1.73. The van der Waals surface area contributed by atoms with E-state index in [1.54, 1.807) is 17.9 Å². The number of nitrogens with two attached hydrogens (primary N) is 1. The van der Waals surface area contributed by atoms with E-state index in [-0.39, 0.29) is 5.78 Å². The van der Waals surface area contributed by atoms with E-state index in [4.69, 9.17) is 5.73 Å². The average molecular weight is 190 g/mol. The third-order valence-electron chi connectivity index (χ3n) is 2.18. The number of aromatic nitrogens is 3. The van der Waals surface area contributed by atoms with Crippen molar-refractivity contribution in [3.05, 3.63) is 18.0 Å². The molecule has 0 fully saturated rings. The molecule has 5 heteroatoms. The number of hydrogen-bond donors (Lipinski definition) is 1. The molecule has 5 nitrogen and oxygen atoms in total. The van der Waals surface area contributed by atoms with E-state index in [2.05, 4.69) is 10.1 Å². The van der Waals surface area contributed by atoms with E-state index in [9.17, 15) is 4.79 Å². The summed E-state index contributed by atoms with van der Waals surface area (Å²) in [5, 5.41) is 4.74. The molecule has 2 aromatic heterocycles. The Morgan fingerprint density at radius 3 is 2.86 bits per heavy atom. The van der Waals surface area contributed by atoms with Crippen molar-refractivity contribution in [2.24, 2.45) is 7.05 Å². The molecule has 0 aromatic carbocycles. The van der Waals surface area contributed by atoms with Gasteiger partial charge in [-0.25, -0.2) is 4.98 Å². The van der Waals surface area contributed by atoms with E-state index < -0.39 is 0 Å². The van der Waals surface area contributed by atoms with Gasteiger partial charge in [0.25, 0.3) is 0 Å². The summed E-state index contributed by atoms with van der Waals surface area (Å²) in [7, 11) is 1.78. The fourth-order valence-electron chi connectivity index (χ4n) is 1.40. The Balaban J connectivity index is 2.82. The highest BCUT2D eigenvalue weighted by atomic mass is 16.1. The molecule has 14 heavy (non-hydrogen) atoms. The molecule has 0 radical (unpaired) electrons. The standard InChI is InChI=1S/C9H10N4O/c1-5(14)6-3-11-9-7(8(6)10)4-12-13(9)2/h3-4H,1-2H3,(H2,10,11). The number of ketones is 1. The van der Waals surface area contributed by atoms with Crippen LogP contribution in [0.5, 0.6) is 0 Å². The minimum absolute atomic E-state index is 0.0826. The molecule has 0 saturated carbocycles. The minimum atomic E-state index is -0.0826. The van der Waals surface area contributed by atoms with Crippen molar-refractivity contribution in [1.29, 1.82) is 0 Å². The lowest BCUT2D eigenvalue weighted by atomic mass is 10.1. The maximum atomic E-state index is 11.2. The Morgan fingerprint density at radius 2 is 2.21 bits per heavy atom. The second kappa shape index (κ2) is 2.80. The molecule has 0 bridgehead atoms. The number of nitrogen functional groups attached to an aromatic ring is 1. The molecule has 0 spiro atoms. The fourth-order valence-corrected chi connectivity index (χ4v) is 1.40. The van der Waals surface area contributed by atoms with Crippen molar-refractivity contribution in [2.45, 2.75) is 6.92 Å². The zero-order chi connectivity index (χ0) is 10.3. The number of hydrogen-bond acceptors (Lipinski definition) is 4. The molecule has 72 valence electrons. The van der Waals surface area contributed by atoms with E-state index in [0.29, 0.717) is 16.9 Å². The van der Waals surface area contributed by atoms with Gasteiger partial charge in [-0.05, 0) is 6.92 Å². The molecule has 2 rings (SSSR count). The van der Waals surface area contributed by atoms with Crippen LogP contribution < -0.4 is 5.73 Å². The number of carbonyl (C=O) groups is 1. The molecule has 0 saturated heterocycles. The predicted molar refractivity (Wildman–Crippen MR) is 52.9 cm³/mol. The van der Waals surface area contributed by atoms with Gasteiger partial charge in [0.2, 0.25) is 0 Å². The minimum Gasteiger partial charge on any atom is -0.397 e. The lowest BCUT2D eigenvalue weighted by Gasteiger charge is -2.01. The first-order chi connectivity index (χ1) is 6.61. The Morgan fingerprint density at radius 1 is 1.50 bits per heavy atom. The third kappa shape index (κ3) is 1.06. The van der Waals surface area contributed by atoms with Gasteiger partial charge in [0.15, 0.2) is 11.4 Å². The van der Waals surface area contributed by atoms with Crippen molar-refractivity contribution >= 4 is 22.5 Å². The Hall–Kier alpha value is -1.91. The van der Waals surface area contributed by atoms with Crippen LogP contribution in [0.15, 0.2) is 12.4 Å². The summed E-state index contributed by atoms with van der Waals surface area (Å²) in [6.07, 6.45) is 3.10. The quantitative estimate of drug-likeness (QED) is 0.673. The van der Waals surface area contributed by atoms with Crippen LogP contribution in [0.3, 0.4) is 0 Å². The Bertz CT molecular complexity index is 515. The van der Waals surface area contributed by atoms with Crippen LogP contribution in [0.4, 0.5) is 5.69 Å². The number of pyridine rings is 1. The smallest absolute Gasteiger partial charge is 0.163 e. The fraction of sp³-hybridized carbons (Fsp3) is 0.222. The average Bonchev–Trinajstić information content (AvgIpc) is 2.49. The first-order valence-electron chi connectivity index (χ1n) is 4.18. The number of rotatable bonds is 1. The highest BCUT2D eigenvalue weighted by Gasteiger charge is 2.11. The summed E-state index contributed by atoms with van der Waals surface area (Å²) in [6.45, 7) is 1.47. The third-order valence-corrected chi connectivity index (χ3v) is 2.18. The van der Waals surface area contributed by atoms with Gasteiger partial charge in [-0.3, -0.25) is 9.48 Å². The van der Waals surface area contributed by atoms with Gasteiger partial charge >= 0.3 is 0 Å². The van der Waals surface area contributed by atoms with E-state index in [1.807, 2.05) is 0 Å². The van der Waals surface area contributed by atoms with Crippen molar-refractivity contribution in [3.63, 3.8) is 0 Å². The topological polar surface area (TPSA) is 73.8 Å². The lowest BCUT2D eigenvalue weighted by Crippen LogP contribution is -2.02. The summed E-state index contributed by atoms with van der Waals surface area (Å²) in [5.74, 6) is -0.0826. The van der Waals surface area contributed by atoms with Gasteiger partial charge in [-0.2, -0.15) is 5.10 Å². The normalized spacial score (nSPS) is 10.7. The molecular formula is C9H10N4O. The number of anilines is 1. The summed E-state index contributed by atoms with van der Waals surface area (Å²) >= 11 is 0. The van der Waals surface area contributed by atoms with Crippen LogP contribution >= 0.6 is 0 Å². The van der Waals surface area contributed by atoms with Crippen LogP contribution in [0, 0.1) is 0 Å². The van der Waals surface area contributed by atoms with Gasteiger partial charge in [0.1, 0.15) is 0 Å². The molecular weight excluding hydrogens is 180 g/mol. The van der Waals surface area contributed by atoms with Gasteiger partial charge < -0.3 is 5.73 Å². The van der Waals surface area contributed by atoms with Crippen molar-refractivity contribution in [2.75, 3.05) is 5.73 Å². The molecule has 0 unspecified atom stereocenters. The highest BCUT2D eigenvalue weighted by Crippen LogP contribution is 2.22. The van der Waals surface area contributed by atoms with Crippen molar-refractivity contribution in [1.82, 2.24) is 14.8 Å². The maximum absolute atomic E-state index is 11.2. The summed E-state index contributed by atoms with van der Waals surface area (Å²) in [4.78, 5) is 15.3. The Labute approximate surface area is 80.5 Å². The van der Waals surface area contributed by atoms with Gasteiger partial charge in [0.05, 0.1) is 22.8 Å². The zero-order valence-corrected chi connectivity index (χ0v) is 7.98. The zero-order valence-electron chi connectivity index (χ0n) is 7.98. The van der Waals surface area contributed by atoms with Crippen LogP contribution in [0.1, 0.15) is 17.3 Å². The van der Waals surface area contributed by atoms with Crippen molar-refractivity contribution < 1.29 is 4.79 Å². The van der Waals surface area contributed by atoms with Crippen LogP contribution in [0.2, 0.25) is 0 Å². The van der Waals surface area contributed by atoms with Crippen LogP contribution in [0.25, 0.3) is 11.0 Å².